The molecule has 36 heavy (non-hydrogen) atoms. The fourth-order valence-corrected chi connectivity index (χ4v) is 5.25. The molecule has 0 saturated carbocycles. The summed E-state index contributed by atoms with van der Waals surface area (Å²) in [5.41, 5.74) is 1.15. The lowest BCUT2D eigenvalue weighted by Gasteiger charge is -2.38. The van der Waals surface area contributed by atoms with Crippen LogP contribution in [0.4, 0.5) is 10.1 Å². The molecular weight excluding hydrogens is 483 g/mol. The molecule has 10 heteroatoms. The van der Waals surface area contributed by atoms with Gasteiger partial charge in [-0.2, -0.15) is 0 Å². The normalized spacial score (nSPS) is 18.1. The number of anilines is 1. The Hall–Kier alpha value is -3.40. The van der Waals surface area contributed by atoms with Crippen LogP contribution in [0.15, 0.2) is 42.5 Å². The molecule has 3 aliphatic rings. The number of amides is 2. The highest BCUT2D eigenvalue weighted by Gasteiger charge is 2.36. The Balaban J connectivity index is 1.24. The van der Waals surface area contributed by atoms with Crippen LogP contribution in [0.5, 0.6) is 11.5 Å². The zero-order valence-electron chi connectivity index (χ0n) is 19.9. The maximum absolute atomic E-state index is 13.5. The summed E-state index contributed by atoms with van der Waals surface area (Å²) >= 11 is 5.56. The zero-order chi connectivity index (χ0) is 25.1. The van der Waals surface area contributed by atoms with E-state index in [4.69, 9.17) is 21.7 Å². The molecule has 2 amide bonds. The van der Waals surface area contributed by atoms with Gasteiger partial charge in [0.05, 0.1) is 0 Å². The largest absolute Gasteiger partial charge is 0.454 e. The van der Waals surface area contributed by atoms with Gasteiger partial charge in [0.2, 0.25) is 12.7 Å². The number of ether oxygens (including phenoxy) is 2. The van der Waals surface area contributed by atoms with Crippen molar-refractivity contribution in [1.82, 2.24) is 15.1 Å². The van der Waals surface area contributed by atoms with Crippen molar-refractivity contribution in [2.75, 3.05) is 38.3 Å². The van der Waals surface area contributed by atoms with E-state index in [0.717, 1.165) is 31.6 Å². The van der Waals surface area contributed by atoms with E-state index < -0.39 is 6.04 Å². The van der Waals surface area contributed by atoms with Crippen LogP contribution in [-0.2, 0) is 4.79 Å². The van der Waals surface area contributed by atoms with Gasteiger partial charge in [-0.15, -0.1) is 0 Å². The Morgan fingerprint density at radius 3 is 2.36 bits per heavy atom. The second kappa shape index (κ2) is 10.7. The highest BCUT2D eigenvalue weighted by molar-refractivity contribution is 7.80. The number of piperidine rings is 1. The molecule has 0 unspecified atom stereocenters. The van der Waals surface area contributed by atoms with Crippen LogP contribution >= 0.6 is 12.2 Å². The Kier molecular flexibility index (Phi) is 7.22. The number of nitrogens with zero attached hydrogens (tertiary/aromatic N) is 2. The summed E-state index contributed by atoms with van der Waals surface area (Å²) in [5, 5.41) is 6.74. The van der Waals surface area contributed by atoms with Crippen LogP contribution < -0.4 is 20.1 Å². The van der Waals surface area contributed by atoms with E-state index in [2.05, 4.69) is 10.6 Å². The Morgan fingerprint density at radius 1 is 0.944 bits per heavy atom. The summed E-state index contributed by atoms with van der Waals surface area (Å²) in [6.07, 6.45) is 3.38. The van der Waals surface area contributed by atoms with E-state index in [1.165, 1.54) is 12.1 Å². The predicted molar refractivity (Wildman–Crippen MR) is 137 cm³/mol. The van der Waals surface area contributed by atoms with E-state index in [-0.39, 0.29) is 30.3 Å². The van der Waals surface area contributed by atoms with Crippen molar-refractivity contribution in [3.63, 3.8) is 0 Å². The third kappa shape index (κ3) is 5.38. The van der Waals surface area contributed by atoms with Crippen LogP contribution in [0, 0.1) is 11.7 Å². The number of hydrogen-bond donors (Lipinski definition) is 2. The molecule has 0 spiro atoms. The summed E-state index contributed by atoms with van der Waals surface area (Å²) < 4.78 is 23.9. The van der Waals surface area contributed by atoms with Crippen LogP contribution in [0.25, 0.3) is 0 Å². The van der Waals surface area contributed by atoms with Gasteiger partial charge in [-0.1, -0.05) is 0 Å². The van der Waals surface area contributed by atoms with E-state index >= 15 is 0 Å². The fourth-order valence-electron chi connectivity index (χ4n) is 4.95. The molecule has 0 aliphatic carbocycles. The second-order valence-electron chi connectivity index (χ2n) is 9.31. The van der Waals surface area contributed by atoms with Gasteiger partial charge in [0, 0.05) is 37.4 Å². The quantitative estimate of drug-likeness (QED) is 0.595. The fraction of sp³-hybridized carbons (Fsp3) is 0.423. The minimum Gasteiger partial charge on any atom is -0.454 e. The molecule has 2 saturated heterocycles. The average Bonchev–Trinajstić information content (AvgIpc) is 3.60. The maximum Gasteiger partial charge on any atom is 0.252 e. The van der Waals surface area contributed by atoms with Crippen molar-refractivity contribution >= 4 is 34.8 Å². The smallest absolute Gasteiger partial charge is 0.252 e. The van der Waals surface area contributed by atoms with E-state index in [0.29, 0.717) is 48.1 Å². The Bertz CT molecular complexity index is 1130. The van der Waals surface area contributed by atoms with Gasteiger partial charge in [0.25, 0.3) is 5.91 Å². The zero-order valence-corrected chi connectivity index (χ0v) is 20.7. The Labute approximate surface area is 214 Å². The molecule has 8 nitrogen and oxygen atoms in total. The van der Waals surface area contributed by atoms with E-state index in [1.54, 1.807) is 30.3 Å². The van der Waals surface area contributed by atoms with Crippen LogP contribution in [0.3, 0.4) is 0 Å². The number of hydrogen-bond acceptors (Lipinski definition) is 5. The lowest BCUT2D eigenvalue weighted by molar-refractivity contribution is -0.134. The minimum absolute atomic E-state index is 0.0130. The topological polar surface area (TPSA) is 83.1 Å². The molecule has 5 rings (SSSR count). The van der Waals surface area contributed by atoms with Crippen LogP contribution in [-0.4, -0.2) is 65.7 Å². The number of thiocarbonyl (C=S) groups is 1. The van der Waals surface area contributed by atoms with Crippen molar-refractivity contribution in [2.45, 2.75) is 31.7 Å². The standard InChI is InChI=1S/C26H29FN4O4S/c27-19-4-6-20(7-5-19)28-26(36)31-13-9-17(10-14-31)23(25(33)30-11-1-2-12-30)29-24(32)18-3-8-21-22(15-18)35-16-34-21/h3-8,15,17,23H,1-2,9-14,16H2,(H,28,36)(H,29,32)/t23-/m1/s1. The highest BCUT2D eigenvalue weighted by atomic mass is 32.1. The van der Waals surface area contributed by atoms with Gasteiger partial charge in [-0.05, 0) is 86.3 Å². The first-order valence-corrected chi connectivity index (χ1v) is 12.7. The highest BCUT2D eigenvalue weighted by Crippen LogP contribution is 2.33. The summed E-state index contributed by atoms with van der Waals surface area (Å²) in [6, 6.07) is 10.5. The number of carbonyl (C=O) groups excluding carboxylic acids is 2. The van der Waals surface area contributed by atoms with E-state index in [9.17, 15) is 14.0 Å². The first-order valence-electron chi connectivity index (χ1n) is 12.3. The average molecular weight is 513 g/mol. The molecule has 2 N–H and O–H groups in total. The summed E-state index contributed by atoms with van der Waals surface area (Å²) in [7, 11) is 0. The second-order valence-corrected chi connectivity index (χ2v) is 9.70. The molecule has 0 aromatic heterocycles. The van der Waals surface area contributed by atoms with Crippen molar-refractivity contribution in [3.8, 4) is 11.5 Å². The lowest BCUT2D eigenvalue weighted by Crippen LogP contribution is -2.54. The third-order valence-corrected chi connectivity index (χ3v) is 7.36. The van der Waals surface area contributed by atoms with Gasteiger partial charge < -0.3 is 29.9 Å². The van der Waals surface area contributed by atoms with Crippen LogP contribution in [0.1, 0.15) is 36.0 Å². The number of rotatable bonds is 5. The number of likely N-dealkylation sites (tertiary alicyclic amines) is 2. The summed E-state index contributed by atoms with van der Waals surface area (Å²) in [5.74, 6) is 0.493. The number of carbonyl (C=O) groups is 2. The number of nitrogens with one attached hydrogen (secondary N) is 2. The lowest BCUT2D eigenvalue weighted by atomic mass is 9.88. The van der Waals surface area contributed by atoms with Crippen molar-refractivity contribution in [1.29, 1.82) is 0 Å². The molecule has 3 aliphatic heterocycles. The molecule has 0 radical (unpaired) electrons. The predicted octanol–water partition coefficient (Wildman–Crippen LogP) is 3.38. The molecule has 2 aromatic rings. The third-order valence-electron chi connectivity index (χ3n) is 7.00. The Morgan fingerprint density at radius 2 is 1.64 bits per heavy atom. The molecule has 190 valence electrons. The van der Waals surface area contributed by atoms with E-state index in [1.807, 2.05) is 9.80 Å². The molecule has 2 aromatic carbocycles. The SMILES string of the molecule is O=C(N[C@@H](C(=O)N1CCCC1)C1CCN(C(=S)Nc2ccc(F)cc2)CC1)c1ccc2c(c1)OCO2. The number of halogens is 1. The van der Waals surface area contributed by atoms with Gasteiger partial charge >= 0.3 is 0 Å². The van der Waals surface area contributed by atoms with Gasteiger partial charge in [0.15, 0.2) is 16.6 Å². The first-order chi connectivity index (χ1) is 17.5. The molecule has 3 heterocycles. The summed E-state index contributed by atoms with van der Waals surface area (Å²) in [6.45, 7) is 2.88. The minimum atomic E-state index is -0.609. The molecule has 0 bridgehead atoms. The monoisotopic (exact) mass is 512 g/mol. The van der Waals surface area contributed by atoms with Gasteiger partial charge in [-0.25, -0.2) is 4.39 Å². The molecule has 1 atom stereocenters. The first kappa shape index (κ1) is 24.3. The van der Waals surface area contributed by atoms with Crippen LogP contribution in [0.2, 0.25) is 0 Å². The maximum atomic E-state index is 13.5. The van der Waals surface area contributed by atoms with Crippen molar-refractivity contribution in [2.24, 2.45) is 5.92 Å². The van der Waals surface area contributed by atoms with Gasteiger partial charge in [-0.3, -0.25) is 9.59 Å². The van der Waals surface area contributed by atoms with Gasteiger partial charge in [0.1, 0.15) is 11.9 Å². The number of benzene rings is 2. The summed E-state index contributed by atoms with van der Waals surface area (Å²) in [4.78, 5) is 30.5. The molecule has 2 fully saturated rings. The molecular formula is C26H29FN4O4S. The van der Waals surface area contributed by atoms with Crippen molar-refractivity contribution < 1.29 is 23.5 Å². The number of fused-ring (bicyclic) bond motifs is 1. The van der Waals surface area contributed by atoms with Crippen molar-refractivity contribution in [3.05, 3.63) is 53.8 Å².